The molecule has 3 heterocycles. The summed E-state index contributed by atoms with van der Waals surface area (Å²) in [5, 5.41) is 5.58. The molecule has 2 amide bonds. The maximum atomic E-state index is 12.4. The average molecular weight is 386 g/mol. The molecule has 2 aliphatic rings. The monoisotopic (exact) mass is 386 g/mol. The lowest BCUT2D eigenvalue weighted by Crippen LogP contribution is -2.37. The molecule has 4 rings (SSSR count). The summed E-state index contributed by atoms with van der Waals surface area (Å²) < 4.78 is 16.0. The number of hydrogen-bond donors (Lipinski definition) is 2. The fraction of sp³-hybridized carbons (Fsp3) is 0.389. The molecular formula is C18H22N6O4. The number of nitrogens with one attached hydrogen (secondary N) is 2. The van der Waals surface area contributed by atoms with E-state index < -0.39 is 6.03 Å². The second-order valence-electron chi connectivity index (χ2n) is 6.55. The summed E-state index contributed by atoms with van der Waals surface area (Å²) in [5.74, 6) is 2.50. The Morgan fingerprint density at radius 2 is 1.93 bits per heavy atom. The molecular weight excluding hydrogens is 364 g/mol. The molecule has 1 fully saturated rings. The van der Waals surface area contributed by atoms with Crippen molar-refractivity contribution in [2.75, 3.05) is 67.6 Å². The van der Waals surface area contributed by atoms with Gasteiger partial charge in [-0.05, 0) is 12.1 Å². The fourth-order valence-electron chi connectivity index (χ4n) is 2.97. The van der Waals surface area contributed by atoms with Crippen molar-refractivity contribution in [1.29, 1.82) is 0 Å². The molecule has 0 spiro atoms. The van der Waals surface area contributed by atoms with Gasteiger partial charge in [-0.2, -0.15) is 4.98 Å². The van der Waals surface area contributed by atoms with E-state index in [1.807, 2.05) is 19.0 Å². The van der Waals surface area contributed by atoms with Crippen LogP contribution >= 0.6 is 0 Å². The molecule has 0 radical (unpaired) electrons. The number of carbonyl (C=O) groups is 1. The first-order valence-electron chi connectivity index (χ1n) is 8.95. The topological polar surface area (TPSA) is 101 Å². The first-order valence-corrected chi connectivity index (χ1v) is 8.95. The Kier molecular flexibility index (Phi) is 5.02. The summed E-state index contributed by atoms with van der Waals surface area (Å²) in [6.45, 7) is 2.97. The number of carbonyl (C=O) groups excluding carboxylic acids is 1. The second-order valence-corrected chi connectivity index (χ2v) is 6.55. The van der Waals surface area contributed by atoms with E-state index in [0.29, 0.717) is 47.9 Å². The van der Waals surface area contributed by atoms with Crippen molar-refractivity contribution in [2.24, 2.45) is 0 Å². The third-order valence-electron chi connectivity index (χ3n) is 4.35. The molecule has 2 aliphatic heterocycles. The molecule has 0 atom stereocenters. The van der Waals surface area contributed by atoms with Crippen LogP contribution in [0.5, 0.6) is 11.5 Å². The molecule has 0 saturated carbocycles. The van der Waals surface area contributed by atoms with Gasteiger partial charge < -0.3 is 34.6 Å². The molecule has 2 N–H and O–H groups in total. The molecule has 1 saturated heterocycles. The van der Waals surface area contributed by atoms with Crippen LogP contribution in [0.4, 0.5) is 27.9 Å². The maximum Gasteiger partial charge on any atom is 0.323 e. The smallest absolute Gasteiger partial charge is 0.323 e. The van der Waals surface area contributed by atoms with Crippen LogP contribution in [-0.2, 0) is 4.74 Å². The van der Waals surface area contributed by atoms with Gasteiger partial charge in [0.2, 0.25) is 12.7 Å². The third-order valence-corrected chi connectivity index (χ3v) is 4.35. The van der Waals surface area contributed by atoms with Gasteiger partial charge in [0, 0.05) is 38.9 Å². The lowest BCUT2D eigenvalue weighted by Gasteiger charge is -2.28. The molecule has 10 nitrogen and oxygen atoms in total. The number of morpholine rings is 1. The van der Waals surface area contributed by atoms with E-state index in [1.165, 1.54) is 0 Å². The van der Waals surface area contributed by atoms with Crippen molar-refractivity contribution in [1.82, 2.24) is 9.97 Å². The highest BCUT2D eigenvalue weighted by Gasteiger charge is 2.19. The zero-order valence-electron chi connectivity index (χ0n) is 15.8. The van der Waals surface area contributed by atoms with Crippen molar-refractivity contribution in [3.05, 3.63) is 24.4 Å². The quantitative estimate of drug-likeness (QED) is 0.820. The van der Waals surface area contributed by atoms with Gasteiger partial charge in [-0.25, -0.2) is 9.78 Å². The first-order chi connectivity index (χ1) is 13.6. The molecule has 0 unspecified atom stereocenters. The van der Waals surface area contributed by atoms with Gasteiger partial charge in [0.25, 0.3) is 0 Å². The third kappa shape index (κ3) is 3.86. The molecule has 148 valence electrons. The van der Waals surface area contributed by atoms with E-state index in [-0.39, 0.29) is 6.79 Å². The predicted molar refractivity (Wildman–Crippen MR) is 105 cm³/mol. The molecule has 2 aromatic rings. The number of hydrogen-bond acceptors (Lipinski definition) is 8. The number of anilines is 4. The normalized spacial score (nSPS) is 15.3. The van der Waals surface area contributed by atoms with Gasteiger partial charge >= 0.3 is 6.03 Å². The summed E-state index contributed by atoms with van der Waals surface area (Å²) in [4.78, 5) is 25.4. The van der Waals surface area contributed by atoms with E-state index in [2.05, 4.69) is 25.5 Å². The van der Waals surface area contributed by atoms with Crippen LogP contribution in [0.2, 0.25) is 0 Å². The predicted octanol–water partition coefficient (Wildman–Crippen LogP) is 1.75. The Morgan fingerprint density at radius 1 is 1.14 bits per heavy atom. The van der Waals surface area contributed by atoms with E-state index in [4.69, 9.17) is 14.2 Å². The van der Waals surface area contributed by atoms with Crippen LogP contribution in [-0.4, -0.2) is 63.2 Å². The van der Waals surface area contributed by atoms with Crippen LogP contribution in [0.25, 0.3) is 0 Å². The Morgan fingerprint density at radius 3 is 2.71 bits per heavy atom. The molecule has 28 heavy (non-hydrogen) atoms. The van der Waals surface area contributed by atoms with E-state index in [1.54, 1.807) is 24.4 Å². The number of benzene rings is 1. The maximum absolute atomic E-state index is 12.4. The first kappa shape index (κ1) is 18.1. The zero-order chi connectivity index (χ0) is 19.5. The summed E-state index contributed by atoms with van der Waals surface area (Å²) in [5.41, 5.74) is 1.11. The molecule has 0 aliphatic carbocycles. The van der Waals surface area contributed by atoms with Crippen molar-refractivity contribution < 1.29 is 19.0 Å². The highest BCUT2D eigenvalue weighted by molar-refractivity contribution is 6.01. The summed E-state index contributed by atoms with van der Waals surface area (Å²) in [6.07, 6.45) is 1.62. The summed E-state index contributed by atoms with van der Waals surface area (Å²) in [6, 6.07) is 4.82. The van der Waals surface area contributed by atoms with Gasteiger partial charge in [0.15, 0.2) is 17.3 Å². The number of rotatable bonds is 4. The number of nitrogens with zero attached hydrogens (tertiary/aromatic N) is 4. The Bertz CT molecular complexity index is 869. The fourth-order valence-corrected chi connectivity index (χ4v) is 2.97. The van der Waals surface area contributed by atoms with Gasteiger partial charge in [-0.3, -0.25) is 0 Å². The van der Waals surface area contributed by atoms with E-state index in [9.17, 15) is 4.79 Å². The largest absolute Gasteiger partial charge is 0.454 e. The number of fused-ring (bicyclic) bond motifs is 1. The Hall–Kier alpha value is -3.27. The van der Waals surface area contributed by atoms with Crippen LogP contribution in [0, 0.1) is 0 Å². The highest BCUT2D eigenvalue weighted by Crippen LogP contribution is 2.34. The second kappa shape index (κ2) is 7.77. The standard InChI is InChI=1S/C18H22N6O4/c1-23(2)16-13(10-19-17(22-16)24-5-7-26-8-6-24)21-18(25)20-12-3-4-14-15(9-12)28-11-27-14/h3-4,9-10H,5-8,11H2,1-2H3,(H2,20,21,25). The van der Waals surface area contributed by atoms with Crippen LogP contribution in [0.3, 0.4) is 0 Å². The number of ether oxygens (including phenoxy) is 3. The Balaban J connectivity index is 1.47. The van der Waals surface area contributed by atoms with Crippen LogP contribution < -0.4 is 29.9 Å². The zero-order valence-corrected chi connectivity index (χ0v) is 15.8. The van der Waals surface area contributed by atoms with Crippen LogP contribution in [0.1, 0.15) is 0 Å². The average Bonchev–Trinajstić information content (AvgIpc) is 3.16. The summed E-state index contributed by atoms with van der Waals surface area (Å²) in [7, 11) is 3.73. The lowest BCUT2D eigenvalue weighted by molar-refractivity contribution is 0.122. The number of aromatic nitrogens is 2. The molecule has 1 aromatic heterocycles. The molecule has 1 aromatic carbocycles. The van der Waals surface area contributed by atoms with Crippen molar-refractivity contribution in [3.63, 3.8) is 0 Å². The van der Waals surface area contributed by atoms with Gasteiger partial charge in [-0.15, -0.1) is 0 Å². The number of urea groups is 1. The van der Waals surface area contributed by atoms with Crippen LogP contribution in [0.15, 0.2) is 24.4 Å². The van der Waals surface area contributed by atoms with Crippen molar-refractivity contribution >= 4 is 29.2 Å². The summed E-state index contributed by atoms with van der Waals surface area (Å²) >= 11 is 0. The minimum atomic E-state index is -0.398. The van der Waals surface area contributed by atoms with Gasteiger partial charge in [0.05, 0.1) is 19.4 Å². The lowest BCUT2D eigenvalue weighted by atomic mass is 10.3. The highest BCUT2D eigenvalue weighted by atomic mass is 16.7. The van der Waals surface area contributed by atoms with Crippen molar-refractivity contribution in [2.45, 2.75) is 0 Å². The Labute approximate surface area is 162 Å². The van der Waals surface area contributed by atoms with Gasteiger partial charge in [0.1, 0.15) is 5.69 Å². The van der Waals surface area contributed by atoms with E-state index >= 15 is 0 Å². The van der Waals surface area contributed by atoms with Gasteiger partial charge in [-0.1, -0.05) is 0 Å². The minimum Gasteiger partial charge on any atom is -0.454 e. The number of amides is 2. The molecule has 0 bridgehead atoms. The SMILES string of the molecule is CN(C)c1nc(N2CCOCC2)ncc1NC(=O)Nc1ccc2c(c1)OCO2. The van der Waals surface area contributed by atoms with Crippen molar-refractivity contribution in [3.8, 4) is 11.5 Å². The van der Waals surface area contributed by atoms with E-state index in [0.717, 1.165) is 13.1 Å². The minimum absolute atomic E-state index is 0.185. The molecule has 10 heteroatoms.